The molecule has 9 heteroatoms. The lowest BCUT2D eigenvalue weighted by Gasteiger charge is -2.31. The maximum absolute atomic E-state index is 12.3. The molecular weight excluding hydrogens is 349 g/mol. The summed E-state index contributed by atoms with van der Waals surface area (Å²) in [5, 5.41) is 31.6. The summed E-state index contributed by atoms with van der Waals surface area (Å²) in [5.41, 5.74) is 0.415. The fourth-order valence-corrected chi connectivity index (χ4v) is 3.47. The summed E-state index contributed by atoms with van der Waals surface area (Å²) in [4.78, 5) is 30.5. The highest BCUT2D eigenvalue weighted by molar-refractivity contribution is 7.49. The van der Waals surface area contributed by atoms with E-state index in [-0.39, 0.29) is 11.4 Å². The third-order valence-electron chi connectivity index (χ3n) is 4.02. The van der Waals surface area contributed by atoms with Crippen LogP contribution in [0.15, 0.2) is 47.9 Å². The van der Waals surface area contributed by atoms with Crippen LogP contribution in [0.25, 0.3) is 0 Å². The van der Waals surface area contributed by atoms with Crippen LogP contribution in [0.4, 0.5) is 0 Å². The Balaban J connectivity index is 2.37. The van der Waals surface area contributed by atoms with Gasteiger partial charge in [0.15, 0.2) is 5.78 Å². The molecule has 0 aromatic heterocycles. The highest BCUT2D eigenvalue weighted by atomic mass is 31.2. The average Bonchev–Trinajstić information content (AvgIpc) is 2.47. The first kappa shape index (κ1) is 19.2. The van der Waals surface area contributed by atoms with Crippen molar-refractivity contribution in [1.29, 1.82) is 0 Å². The van der Waals surface area contributed by atoms with Gasteiger partial charge in [-0.3, -0.25) is 9.88 Å². The largest absolute Gasteiger partial charge is 0.508 e. The fraction of sp³-hybridized carbons (Fsp3) is 0.312. The van der Waals surface area contributed by atoms with Crippen LogP contribution in [0.1, 0.15) is 24.8 Å². The van der Waals surface area contributed by atoms with E-state index in [1.54, 1.807) is 19.1 Å². The number of aliphatic hydroxyl groups is 2. The SMILES string of the molecule is CCC(c1ccc(O)cc1)C(O)C1C(=O)C=C(O)C=C1NP(=O)(O)O. The van der Waals surface area contributed by atoms with Crippen molar-refractivity contribution in [1.82, 2.24) is 5.09 Å². The van der Waals surface area contributed by atoms with Crippen LogP contribution < -0.4 is 5.09 Å². The summed E-state index contributed by atoms with van der Waals surface area (Å²) < 4.78 is 11.2. The van der Waals surface area contributed by atoms with Gasteiger partial charge < -0.3 is 25.1 Å². The molecule has 3 unspecified atom stereocenters. The summed E-state index contributed by atoms with van der Waals surface area (Å²) in [6.45, 7) is 1.79. The molecule has 0 heterocycles. The monoisotopic (exact) mass is 369 g/mol. The Morgan fingerprint density at radius 3 is 2.28 bits per heavy atom. The van der Waals surface area contributed by atoms with Crippen molar-refractivity contribution >= 4 is 13.5 Å². The van der Waals surface area contributed by atoms with E-state index in [9.17, 15) is 24.7 Å². The maximum Gasteiger partial charge on any atom is 0.427 e. The molecule has 1 aliphatic carbocycles. The highest BCUT2D eigenvalue weighted by Crippen LogP contribution is 2.38. The predicted octanol–water partition coefficient (Wildman–Crippen LogP) is 1.45. The van der Waals surface area contributed by atoms with E-state index in [2.05, 4.69) is 0 Å². The number of carbonyl (C=O) groups is 1. The van der Waals surface area contributed by atoms with E-state index >= 15 is 0 Å². The van der Waals surface area contributed by atoms with Gasteiger partial charge in [0.2, 0.25) is 0 Å². The highest BCUT2D eigenvalue weighted by Gasteiger charge is 2.38. The molecule has 25 heavy (non-hydrogen) atoms. The lowest BCUT2D eigenvalue weighted by Crippen LogP contribution is -2.39. The van der Waals surface area contributed by atoms with Crippen molar-refractivity contribution in [3.63, 3.8) is 0 Å². The van der Waals surface area contributed by atoms with Gasteiger partial charge >= 0.3 is 7.75 Å². The number of phenols is 1. The molecule has 0 spiro atoms. The second-order valence-corrected chi connectivity index (χ2v) is 7.11. The van der Waals surface area contributed by atoms with Gasteiger partial charge in [0.05, 0.1) is 12.0 Å². The third-order valence-corrected chi connectivity index (χ3v) is 4.57. The van der Waals surface area contributed by atoms with E-state index < -0.39 is 37.2 Å². The number of carbonyl (C=O) groups excluding carboxylic acids is 1. The van der Waals surface area contributed by atoms with E-state index in [1.807, 2.05) is 5.09 Å². The second-order valence-electron chi connectivity index (χ2n) is 5.80. The molecule has 6 N–H and O–H groups in total. The molecule has 0 fully saturated rings. The molecule has 0 bridgehead atoms. The minimum Gasteiger partial charge on any atom is -0.508 e. The number of aliphatic hydroxyl groups excluding tert-OH is 2. The van der Waals surface area contributed by atoms with E-state index in [4.69, 9.17) is 9.79 Å². The number of rotatable bonds is 6. The molecule has 1 aliphatic rings. The molecule has 1 aromatic rings. The van der Waals surface area contributed by atoms with Gasteiger partial charge in [-0.25, -0.2) is 4.57 Å². The standard InChI is InChI=1S/C16H20NO7P/c1-2-12(9-3-5-10(18)6-4-9)16(21)15-13(17-25(22,23)24)7-11(19)8-14(15)20/h3-8,12,15-16,18-19,21H,2H2,1H3,(H3,17,22,23,24). The van der Waals surface area contributed by atoms with Gasteiger partial charge in [0, 0.05) is 23.8 Å². The Kier molecular flexibility index (Phi) is 5.69. The molecule has 3 atom stereocenters. The molecule has 8 nitrogen and oxygen atoms in total. The van der Waals surface area contributed by atoms with Gasteiger partial charge in [0.25, 0.3) is 0 Å². The minimum absolute atomic E-state index is 0.0541. The topological polar surface area (TPSA) is 147 Å². The van der Waals surface area contributed by atoms with Crippen LogP contribution in [0, 0.1) is 5.92 Å². The van der Waals surface area contributed by atoms with Gasteiger partial charge in [-0.1, -0.05) is 19.1 Å². The molecule has 1 aromatic carbocycles. The van der Waals surface area contributed by atoms with E-state index in [0.29, 0.717) is 12.0 Å². The van der Waals surface area contributed by atoms with Crippen LogP contribution in [-0.2, 0) is 9.36 Å². The zero-order valence-corrected chi connectivity index (χ0v) is 14.3. The lowest BCUT2D eigenvalue weighted by molar-refractivity contribution is -0.121. The number of hydrogen-bond acceptors (Lipinski definition) is 5. The number of hydrogen-bond donors (Lipinski definition) is 6. The van der Waals surface area contributed by atoms with Crippen LogP contribution in [-0.4, -0.2) is 37.0 Å². The number of phenolic OH excluding ortho intramolecular Hbond substituents is 1. The van der Waals surface area contributed by atoms with Crippen molar-refractivity contribution < 1.29 is 34.5 Å². The molecule has 136 valence electrons. The summed E-state index contributed by atoms with van der Waals surface area (Å²) in [6.07, 6.45) is 1.06. The van der Waals surface area contributed by atoms with Gasteiger partial charge in [-0.2, -0.15) is 0 Å². The smallest absolute Gasteiger partial charge is 0.427 e. The molecule has 0 saturated heterocycles. The summed E-state index contributed by atoms with van der Waals surface area (Å²) in [6, 6.07) is 6.10. The maximum atomic E-state index is 12.3. The minimum atomic E-state index is -4.73. The van der Waals surface area contributed by atoms with Crippen molar-refractivity contribution in [2.24, 2.45) is 5.92 Å². The van der Waals surface area contributed by atoms with E-state index in [1.165, 1.54) is 12.1 Å². The normalized spacial score (nSPS) is 20.5. The first-order valence-electron chi connectivity index (χ1n) is 7.59. The van der Waals surface area contributed by atoms with Crippen molar-refractivity contribution in [3.8, 4) is 5.75 Å². The van der Waals surface area contributed by atoms with Gasteiger partial charge in [-0.15, -0.1) is 0 Å². The molecule has 0 aliphatic heterocycles. The molecular formula is C16H20NO7P. The average molecular weight is 369 g/mol. The Hall–Kier alpha value is -2.12. The van der Waals surface area contributed by atoms with Crippen molar-refractivity contribution in [2.45, 2.75) is 25.4 Å². The van der Waals surface area contributed by atoms with Crippen LogP contribution >= 0.6 is 7.75 Å². The van der Waals surface area contributed by atoms with Crippen molar-refractivity contribution in [3.05, 3.63) is 53.4 Å². The lowest BCUT2D eigenvalue weighted by atomic mass is 9.79. The third kappa shape index (κ3) is 4.70. The fourth-order valence-electron chi connectivity index (χ4n) is 2.93. The molecule has 0 amide bonds. The number of allylic oxidation sites excluding steroid dienone is 2. The predicted molar refractivity (Wildman–Crippen MR) is 89.6 cm³/mol. The number of nitrogens with one attached hydrogen (secondary N) is 1. The first-order chi connectivity index (χ1) is 11.6. The van der Waals surface area contributed by atoms with Gasteiger partial charge in [-0.05, 0) is 24.1 Å². The summed E-state index contributed by atoms with van der Waals surface area (Å²) >= 11 is 0. The quantitative estimate of drug-likeness (QED) is 0.413. The summed E-state index contributed by atoms with van der Waals surface area (Å²) in [7, 11) is -4.73. The number of ketones is 1. The number of aromatic hydroxyl groups is 1. The second kappa shape index (κ2) is 7.41. The van der Waals surface area contributed by atoms with E-state index in [0.717, 1.165) is 12.2 Å². The Morgan fingerprint density at radius 2 is 1.76 bits per heavy atom. The molecule has 0 radical (unpaired) electrons. The van der Waals surface area contributed by atoms with Gasteiger partial charge in [0.1, 0.15) is 11.5 Å². The van der Waals surface area contributed by atoms with Crippen molar-refractivity contribution in [2.75, 3.05) is 0 Å². The van der Waals surface area contributed by atoms with Crippen LogP contribution in [0.3, 0.4) is 0 Å². The summed E-state index contributed by atoms with van der Waals surface area (Å²) in [5.74, 6) is -2.85. The molecule has 0 saturated carbocycles. The Labute approximate surface area is 144 Å². The van der Waals surface area contributed by atoms with Crippen LogP contribution in [0.2, 0.25) is 0 Å². The van der Waals surface area contributed by atoms with Crippen LogP contribution in [0.5, 0.6) is 5.75 Å². The Morgan fingerprint density at radius 1 is 1.16 bits per heavy atom. The number of benzene rings is 1. The first-order valence-corrected chi connectivity index (χ1v) is 9.20. The zero-order chi connectivity index (χ0) is 18.8. The zero-order valence-electron chi connectivity index (χ0n) is 13.4. The molecule has 2 rings (SSSR count). The Bertz CT molecular complexity index is 750.